The summed E-state index contributed by atoms with van der Waals surface area (Å²) in [6, 6.07) is 10.9. The highest BCUT2D eigenvalue weighted by atomic mass is 16.5. The van der Waals surface area contributed by atoms with Crippen LogP contribution < -0.4 is 15.4 Å². The molecule has 148 valence electrons. The third-order valence-electron chi connectivity index (χ3n) is 5.77. The zero-order chi connectivity index (χ0) is 20.4. The molecule has 7 heteroatoms. The van der Waals surface area contributed by atoms with Gasteiger partial charge in [0.25, 0.3) is 5.91 Å². The molecule has 2 heterocycles. The molecule has 1 spiro atoms. The summed E-state index contributed by atoms with van der Waals surface area (Å²) in [5.74, 6) is 0.182. The van der Waals surface area contributed by atoms with Gasteiger partial charge in [-0.3, -0.25) is 9.59 Å². The number of rotatable bonds is 4. The molecule has 1 aliphatic heterocycles. The monoisotopic (exact) mass is 390 g/mol. The lowest BCUT2D eigenvalue weighted by Crippen LogP contribution is -2.41. The summed E-state index contributed by atoms with van der Waals surface area (Å²) in [6.07, 6.45) is 4.06. The Labute approximate surface area is 169 Å². The van der Waals surface area contributed by atoms with Crippen LogP contribution in [0.3, 0.4) is 0 Å². The molecular formula is C22H22N4O3. The molecule has 0 bridgehead atoms. The summed E-state index contributed by atoms with van der Waals surface area (Å²) in [7, 11) is 0. The van der Waals surface area contributed by atoms with Gasteiger partial charge in [0.1, 0.15) is 17.7 Å². The molecule has 1 aromatic carbocycles. The fourth-order valence-corrected chi connectivity index (χ4v) is 4.24. The maximum Gasteiger partial charge on any atom is 0.251 e. The molecule has 1 aromatic heterocycles. The van der Waals surface area contributed by atoms with Crippen molar-refractivity contribution in [2.24, 2.45) is 0 Å². The number of carbonyl (C=O) groups excluding carboxylic acids is 2. The number of ether oxygens (including phenoxy) is 1. The van der Waals surface area contributed by atoms with Crippen LogP contribution in [0.5, 0.6) is 5.88 Å². The third kappa shape index (κ3) is 3.31. The van der Waals surface area contributed by atoms with E-state index in [4.69, 9.17) is 4.74 Å². The van der Waals surface area contributed by atoms with E-state index < -0.39 is 5.41 Å². The number of aromatic nitrogens is 1. The van der Waals surface area contributed by atoms with Gasteiger partial charge in [0.2, 0.25) is 11.8 Å². The van der Waals surface area contributed by atoms with Crippen LogP contribution in [0.4, 0.5) is 5.69 Å². The first kappa shape index (κ1) is 18.9. The highest BCUT2D eigenvalue weighted by molar-refractivity contribution is 6.07. The number of hydrogen-bond acceptors (Lipinski definition) is 5. The van der Waals surface area contributed by atoms with E-state index in [1.807, 2.05) is 19.1 Å². The predicted octanol–water partition coefficient (Wildman–Crippen LogP) is 2.91. The summed E-state index contributed by atoms with van der Waals surface area (Å²) < 4.78 is 5.97. The van der Waals surface area contributed by atoms with E-state index in [9.17, 15) is 14.9 Å². The van der Waals surface area contributed by atoms with Gasteiger partial charge in [-0.25, -0.2) is 4.98 Å². The van der Waals surface area contributed by atoms with E-state index in [1.165, 1.54) is 0 Å². The topological polar surface area (TPSA) is 104 Å². The van der Waals surface area contributed by atoms with Crippen molar-refractivity contribution in [2.75, 3.05) is 11.9 Å². The van der Waals surface area contributed by atoms with Gasteiger partial charge in [-0.15, -0.1) is 0 Å². The first-order valence-corrected chi connectivity index (χ1v) is 9.83. The van der Waals surface area contributed by atoms with Crippen molar-refractivity contribution in [1.82, 2.24) is 10.3 Å². The SMILES string of the molecule is CCNC(=O)c1ccc2c(c1)C1(CCC(Oc3ncccc3C#N)CC1)C(=O)N2. The van der Waals surface area contributed by atoms with E-state index in [0.717, 1.165) is 11.3 Å². The number of benzene rings is 1. The molecule has 2 amide bonds. The van der Waals surface area contributed by atoms with Crippen molar-refractivity contribution in [3.05, 3.63) is 53.2 Å². The Morgan fingerprint density at radius 2 is 2.17 bits per heavy atom. The van der Waals surface area contributed by atoms with Gasteiger partial charge in [-0.1, -0.05) is 0 Å². The molecule has 0 radical (unpaired) electrons. The fraction of sp³-hybridized carbons (Fsp3) is 0.364. The number of hydrogen-bond donors (Lipinski definition) is 2. The maximum atomic E-state index is 12.9. The number of nitrogens with one attached hydrogen (secondary N) is 2. The molecular weight excluding hydrogens is 368 g/mol. The van der Waals surface area contributed by atoms with Crippen LogP contribution in [0.1, 0.15) is 54.1 Å². The van der Waals surface area contributed by atoms with Crippen LogP contribution in [-0.2, 0) is 10.2 Å². The fourth-order valence-electron chi connectivity index (χ4n) is 4.24. The van der Waals surface area contributed by atoms with Gasteiger partial charge in [-0.2, -0.15) is 5.26 Å². The Bertz CT molecular complexity index is 1000. The van der Waals surface area contributed by atoms with E-state index >= 15 is 0 Å². The van der Waals surface area contributed by atoms with Crippen molar-refractivity contribution >= 4 is 17.5 Å². The molecule has 0 saturated heterocycles. The summed E-state index contributed by atoms with van der Waals surface area (Å²) in [5, 5.41) is 15.0. The predicted molar refractivity (Wildman–Crippen MR) is 107 cm³/mol. The first-order chi connectivity index (χ1) is 14.1. The quantitative estimate of drug-likeness (QED) is 0.835. The Balaban J connectivity index is 1.54. The molecule has 1 aliphatic carbocycles. The second-order valence-electron chi connectivity index (χ2n) is 7.44. The van der Waals surface area contributed by atoms with Crippen molar-refractivity contribution in [3.63, 3.8) is 0 Å². The Kier molecular flexibility index (Phi) is 4.93. The molecule has 0 atom stereocenters. The maximum absolute atomic E-state index is 12.9. The minimum Gasteiger partial charge on any atom is -0.473 e. The summed E-state index contributed by atoms with van der Waals surface area (Å²) in [4.78, 5) is 29.3. The lowest BCUT2D eigenvalue weighted by Gasteiger charge is -2.35. The van der Waals surface area contributed by atoms with Gasteiger partial charge >= 0.3 is 0 Å². The molecule has 0 unspecified atom stereocenters. The van der Waals surface area contributed by atoms with Gasteiger partial charge < -0.3 is 15.4 Å². The lowest BCUT2D eigenvalue weighted by atomic mass is 9.69. The molecule has 7 nitrogen and oxygen atoms in total. The first-order valence-electron chi connectivity index (χ1n) is 9.83. The number of nitriles is 1. The number of amides is 2. The normalized spacial score (nSPS) is 22.5. The summed E-state index contributed by atoms with van der Waals surface area (Å²) >= 11 is 0. The molecule has 1 saturated carbocycles. The summed E-state index contributed by atoms with van der Waals surface area (Å²) in [6.45, 7) is 2.42. The minimum absolute atomic E-state index is 0.0189. The smallest absolute Gasteiger partial charge is 0.251 e. The number of fused-ring (bicyclic) bond motifs is 2. The number of carbonyl (C=O) groups is 2. The van der Waals surface area contributed by atoms with Crippen LogP contribution in [0.2, 0.25) is 0 Å². The van der Waals surface area contributed by atoms with Crippen molar-refractivity contribution in [1.29, 1.82) is 5.26 Å². The van der Waals surface area contributed by atoms with Crippen LogP contribution in [0.15, 0.2) is 36.5 Å². The number of nitrogens with zero attached hydrogens (tertiary/aromatic N) is 2. The summed E-state index contributed by atoms with van der Waals surface area (Å²) in [5.41, 5.74) is 1.99. The van der Waals surface area contributed by atoms with Crippen molar-refractivity contribution < 1.29 is 14.3 Å². The second kappa shape index (κ2) is 7.55. The van der Waals surface area contributed by atoms with Gasteiger partial charge in [0.05, 0.1) is 5.41 Å². The molecule has 1 fully saturated rings. The molecule has 4 rings (SSSR count). The van der Waals surface area contributed by atoms with Crippen LogP contribution in [-0.4, -0.2) is 29.4 Å². The second-order valence-corrected chi connectivity index (χ2v) is 7.44. The minimum atomic E-state index is -0.639. The molecule has 2 aromatic rings. The Morgan fingerprint density at radius 3 is 2.90 bits per heavy atom. The highest BCUT2D eigenvalue weighted by Crippen LogP contribution is 2.48. The molecule has 29 heavy (non-hydrogen) atoms. The van der Waals surface area contributed by atoms with E-state index in [2.05, 4.69) is 21.7 Å². The van der Waals surface area contributed by atoms with Gasteiger partial charge in [0.15, 0.2) is 0 Å². The number of pyridine rings is 1. The average molecular weight is 390 g/mol. The van der Waals surface area contributed by atoms with E-state index in [0.29, 0.717) is 49.2 Å². The Morgan fingerprint density at radius 1 is 1.38 bits per heavy atom. The number of anilines is 1. The average Bonchev–Trinajstić information content (AvgIpc) is 3.01. The van der Waals surface area contributed by atoms with Gasteiger partial charge in [-0.05, 0) is 68.5 Å². The zero-order valence-electron chi connectivity index (χ0n) is 16.2. The van der Waals surface area contributed by atoms with Crippen LogP contribution in [0, 0.1) is 11.3 Å². The van der Waals surface area contributed by atoms with Crippen molar-refractivity contribution in [3.8, 4) is 11.9 Å². The van der Waals surface area contributed by atoms with E-state index in [-0.39, 0.29) is 17.9 Å². The zero-order valence-corrected chi connectivity index (χ0v) is 16.2. The van der Waals surface area contributed by atoms with E-state index in [1.54, 1.807) is 24.4 Å². The van der Waals surface area contributed by atoms with Gasteiger partial charge in [0, 0.05) is 24.0 Å². The van der Waals surface area contributed by atoms with Crippen LogP contribution >= 0.6 is 0 Å². The van der Waals surface area contributed by atoms with Crippen molar-refractivity contribution in [2.45, 2.75) is 44.1 Å². The lowest BCUT2D eigenvalue weighted by molar-refractivity contribution is -0.122. The largest absolute Gasteiger partial charge is 0.473 e. The standard InChI is InChI=1S/C22H22N4O3/c1-2-24-19(27)14-5-6-18-17(12-14)22(21(28)26-18)9-7-16(8-10-22)29-20-15(13-23)4-3-11-25-20/h3-6,11-12,16H,2,7-10H2,1H3,(H,24,27)(H,26,28). The third-order valence-corrected chi connectivity index (χ3v) is 5.77. The Hall–Kier alpha value is -3.40. The molecule has 2 N–H and O–H groups in total. The highest BCUT2D eigenvalue weighted by Gasteiger charge is 2.49. The van der Waals surface area contributed by atoms with Crippen LogP contribution in [0.25, 0.3) is 0 Å². The molecule has 2 aliphatic rings.